The third kappa shape index (κ3) is 3.83. The smallest absolute Gasteiger partial charge is 0.0951 e. The first-order valence-corrected chi connectivity index (χ1v) is 10.3. The van der Waals surface area contributed by atoms with Crippen LogP contribution in [0.5, 0.6) is 0 Å². The molecule has 4 rings (SSSR count). The summed E-state index contributed by atoms with van der Waals surface area (Å²) in [6.07, 6.45) is 10.3. The van der Waals surface area contributed by atoms with E-state index in [9.17, 15) is 0 Å². The highest BCUT2D eigenvalue weighted by atomic mass is 79.9. The number of nitrogens with zero attached hydrogens (tertiary/aromatic N) is 3. The molecule has 1 unspecified atom stereocenters. The van der Waals surface area contributed by atoms with Crippen molar-refractivity contribution >= 4 is 38.4 Å². The van der Waals surface area contributed by atoms with Crippen molar-refractivity contribution in [3.8, 4) is 0 Å². The average molecular weight is 443 g/mol. The summed E-state index contributed by atoms with van der Waals surface area (Å²) >= 11 is 9.69. The fourth-order valence-electron chi connectivity index (χ4n) is 3.67. The molecule has 138 valence electrons. The van der Waals surface area contributed by atoms with Gasteiger partial charge in [-0.2, -0.15) is 0 Å². The van der Waals surface area contributed by atoms with Gasteiger partial charge in [-0.25, -0.2) is 4.98 Å². The lowest BCUT2D eigenvalue weighted by Crippen LogP contribution is -2.08. The normalized spacial score (nSPS) is 12.6. The predicted molar refractivity (Wildman–Crippen MR) is 115 cm³/mol. The summed E-state index contributed by atoms with van der Waals surface area (Å²) in [7, 11) is 0. The Labute approximate surface area is 172 Å². The van der Waals surface area contributed by atoms with Crippen molar-refractivity contribution in [3.63, 3.8) is 0 Å². The molecule has 27 heavy (non-hydrogen) atoms. The number of fused-ring (bicyclic) bond motifs is 1. The molecule has 0 aliphatic heterocycles. The van der Waals surface area contributed by atoms with Crippen molar-refractivity contribution < 1.29 is 0 Å². The highest BCUT2D eigenvalue weighted by molar-refractivity contribution is 9.10. The molecule has 4 aromatic rings. The number of halogens is 2. The van der Waals surface area contributed by atoms with Crippen LogP contribution < -0.4 is 0 Å². The van der Waals surface area contributed by atoms with E-state index in [-0.39, 0.29) is 6.04 Å². The number of hydrogen-bond donors (Lipinski definition) is 0. The van der Waals surface area contributed by atoms with E-state index >= 15 is 0 Å². The third-order valence-electron chi connectivity index (χ3n) is 4.95. The molecule has 1 atom stereocenters. The van der Waals surface area contributed by atoms with E-state index in [0.717, 1.165) is 28.9 Å². The largest absolute Gasteiger partial charge is 0.343 e. The standard InChI is InChI=1S/C22H21BrClN3/c1-2-3-21(26-11-10-25-15-26)20-14-27(13-16-4-7-18(24)8-5-16)22-9-6-17(23)12-19(20)22/h4-12,14-15,21H,2-3,13H2,1H3. The molecule has 0 aliphatic rings. The minimum Gasteiger partial charge on any atom is -0.343 e. The minimum absolute atomic E-state index is 0.278. The summed E-state index contributed by atoms with van der Waals surface area (Å²) in [5, 5.41) is 2.05. The summed E-state index contributed by atoms with van der Waals surface area (Å²) in [5.41, 5.74) is 3.81. The van der Waals surface area contributed by atoms with Gasteiger partial charge in [0, 0.05) is 51.1 Å². The highest BCUT2D eigenvalue weighted by Gasteiger charge is 2.19. The van der Waals surface area contributed by atoms with Crippen LogP contribution in [0.25, 0.3) is 10.9 Å². The van der Waals surface area contributed by atoms with E-state index in [4.69, 9.17) is 11.6 Å². The van der Waals surface area contributed by atoms with Gasteiger partial charge in [0.15, 0.2) is 0 Å². The zero-order chi connectivity index (χ0) is 18.8. The second kappa shape index (κ2) is 7.91. The molecule has 0 fully saturated rings. The summed E-state index contributed by atoms with van der Waals surface area (Å²) in [4.78, 5) is 4.27. The lowest BCUT2D eigenvalue weighted by molar-refractivity contribution is 0.534. The minimum atomic E-state index is 0.278. The van der Waals surface area contributed by atoms with Crippen LogP contribution in [-0.4, -0.2) is 14.1 Å². The topological polar surface area (TPSA) is 22.8 Å². The first-order valence-electron chi connectivity index (χ1n) is 9.16. The Hall–Kier alpha value is -2.04. The number of aromatic nitrogens is 3. The van der Waals surface area contributed by atoms with Crippen molar-refractivity contribution in [2.24, 2.45) is 0 Å². The molecule has 5 heteroatoms. The summed E-state index contributed by atoms with van der Waals surface area (Å²) in [5.74, 6) is 0. The monoisotopic (exact) mass is 441 g/mol. The second-order valence-corrected chi connectivity index (χ2v) is 8.17. The van der Waals surface area contributed by atoms with Crippen LogP contribution in [0.4, 0.5) is 0 Å². The maximum Gasteiger partial charge on any atom is 0.0951 e. The molecule has 0 amide bonds. The van der Waals surface area contributed by atoms with Crippen molar-refractivity contribution in [2.75, 3.05) is 0 Å². The molecule has 0 saturated heterocycles. The average Bonchev–Trinajstić information content (AvgIpc) is 3.30. The van der Waals surface area contributed by atoms with Gasteiger partial charge < -0.3 is 9.13 Å². The number of imidazole rings is 1. The van der Waals surface area contributed by atoms with Crippen LogP contribution in [0.1, 0.15) is 36.9 Å². The maximum atomic E-state index is 6.04. The van der Waals surface area contributed by atoms with E-state index in [1.54, 1.807) is 0 Å². The fourth-order valence-corrected chi connectivity index (χ4v) is 4.16. The Bertz CT molecular complexity index is 1040. The van der Waals surface area contributed by atoms with Gasteiger partial charge in [-0.1, -0.05) is 53.0 Å². The van der Waals surface area contributed by atoms with E-state index in [1.165, 1.54) is 22.0 Å². The zero-order valence-corrected chi connectivity index (χ0v) is 17.5. The first-order chi connectivity index (χ1) is 13.2. The number of rotatable bonds is 6. The van der Waals surface area contributed by atoms with Crippen LogP contribution in [0.2, 0.25) is 5.02 Å². The van der Waals surface area contributed by atoms with Gasteiger partial charge >= 0.3 is 0 Å². The van der Waals surface area contributed by atoms with E-state index in [1.807, 2.05) is 24.7 Å². The predicted octanol–water partition coefficient (Wildman–Crippen LogP) is 6.69. The molecule has 2 heterocycles. The molecule has 3 nitrogen and oxygen atoms in total. The summed E-state index contributed by atoms with van der Waals surface area (Å²) < 4.78 is 5.65. The van der Waals surface area contributed by atoms with Gasteiger partial charge in [-0.3, -0.25) is 0 Å². The SMILES string of the molecule is CCCC(c1cn(Cc2ccc(Cl)cc2)c2ccc(Br)cc12)n1ccnc1. The lowest BCUT2D eigenvalue weighted by atomic mass is 10.0. The van der Waals surface area contributed by atoms with Gasteiger partial charge in [0.05, 0.1) is 12.4 Å². The summed E-state index contributed by atoms with van der Waals surface area (Å²) in [6, 6.07) is 14.9. The first kappa shape index (κ1) is 18.3. The molecular formula is C22H21BrClN3. The number of hydrogen-bond acceptors (Lipinski definition) is 1. The molecule has 2 aromatic heterocycles. The Morgan fingerprint density at radius 3 is 2.67 bits per heavy atom. The second-order valence-electron chi connectivity index (χ2n) is 6.81. The Kier molecular flexibility index (Phi) is 5.37. The lowest BCUT2D eigenvalue weighted by Gasteiger charge is -2.17. The molecule has 0 radical (unpaired) electrons. The Morgan fingerprint density at radius 1 is 1.15 bits per heavy atom. The zero-order valence-electron chi connectivity index (χ0n) is 15.1. The van der Waals surface area contributed by atoms with Gasteiger partial charge in [0.1, 0.15) is 0 Å². The van der Waals surface area contributed by atoms with E-state index in [2.05, 4.69) is 79.7 Å². The van der Waals surface area contributed by atoms with Gasteiger partial charge in [0.25, 0.3) is 0 Å². The van der Waals surface area contributed by atoms with E-state index in [0.29, 0.717) is 0 Å². The molecule has 0 spiro atoms. The Morgan fingerprint density at radius 2 is 1.96 bits per heavy atom. The van der Waals surface area contributed by atoms with Crippen LogP contribution in [0.15, 0.2) is 71.9 Å². The van der Waals surface area contributed by atoms with Crippen molar-refractivity contribution in [3.05, 3.63) is 88.0 Å². The van der Waals surface area contributed by atoms with Crippen LogP contribution in [0.3, 0.4) is 0 Å². The van der Waals surface area contributed by atoms with Gasteiger partial charge in [0.2, 0.25) is 0 Å². The van der Waals surface area contributed by atoms with Crippen LogP contribution >= 0.6 is 27.5 Å². The molecule has 0 aliphatic carbocycles. The molecule has 0 bridgehead atoms. The Balaban J connectivity index is 1.82. The van der Waals surface area contributed by atoms with Crippen LogP contribution in [-0.2, 0) is 6.54 Å². The summed E-state index contributed by atoms with van der Waals surface area (Å²) in [6.45, 7) is 3.05. The van der Waals surface area contributed by atoms with Gasteiger partial charge in [-0.15, -0.1) is 0 Å². The van der Waals surface area contributed by atoms with Crippen molar-refractivity contribution in [2.45, 2.75) is 32.4 Å². The molecular weight excluding hydrogens is 422 g/mol. The molecule has 2 aromatic carbocycles. The quantitative estimate of drug-likeness (QED) is 0.326. The maximum absolute atomic E-state index is 6.04. The van der Waals surface area contributed by atoms with Crippen LogP contribution in [0, 0.1) is 0 Å². The highest BCUT2D eigenvalue weighted by Crippen LogP contribution is 2.34. The third-order valence-corrected chi connectivity index (χ3v) is 5.69. The molecule has 0 saturated carbocycles. The van der Waals surface area contributed by atoms with Crippen molar-refractivity contribution in [1.29, 1.82) is 0 Å². The molecule has 0 N–H and O–H groups in total. The van der Waals surface area contributed by atoms with Crippen molar-refractivity contribution in [1.82, 2.24) is 14.1 Å². The number of benzene rings is 2. The fraction of sp³-hybridized carbons (Fsp3) is 0.227. The van der Waals surface area contributed by atoms with Gasteiger partial charge in [-0.05, 0) is 42.3 Å². The van der Waals surface area contributed by atoms with E-state index < -0.39 is 0 Å².